The van der Waals surface area contributed by atoms with Gasteiger partial charge in [-0.3, -0.25) is 4.55 Å². The Hall–Kier alpha value is -2.33. The van der Waals surface area contributed by atoms with Crippen molar-refractivity contribution in [3.05, 3.63) is 53.0 Å². The molecule has 6 nitrogen and oxygen atoms in total. The highest BCUT2D eigenvalue weighted by Gasteiger charge is 2.15. The predicted octanol–water partition coefficient (Wildman–Crippen LogP) is 3.37. The van der Waals surface area contributed by atoms with E-state index in [4.69, 9.17) is 18.0 Å². The fraction of sp³-hybridized carbons (Fsp3) is 0. The first-order chi connectivity index (χ1) is 11.8. The standard InChI is InChI=1S/C16H13N3O3S3/c17-16(23)18-11-7-5-10(14(9-11)25(20,21)22)6-8-15-19-12-3-1-2-4-13(12)24-15/h1-9H,(H3,17,18,23)(H,20,21,22). The second-order valence-electron chi connectivity index (χ2n) is 5.07. The van der Waals surface area contributed by atoms with Crippen LogP contribution < -0.4 is 11.1 Å². The van der Waals surface area contributed by atoms with E-state index >= 15 is 0 Å². The Morgan fingerprint density at radius 2 is 2.00 bits per heavy atom. The van der Waals surface area contributed by atoms with Gasteiger partial charge in [0, 0.05) is 5.69 Å². The van der Waals surface area contributed by atoms with Crippen molar-refractivity contribution in [2.45, 2.75) is 4.90 Å². The molecule has 0 amide bonds. The zero-order valence-corrected chi connectivity index (χ0v) is 15.2. The van der Waals surface area contributed by atoms with E-state index in [0.29, 0.717) is 11.3 Å². The van der Waals surface area contributed by atoms with E-state index in [0.717, 1.165) is 15.2 Å². The van der Waals surface area contributed by atoms with Gasteiger partial charge in [0.2, 0.25) is 0 Å². The summed E-state index contributed by atoms with van der Waals surface area (Å²) in [4.78, 5) is 4.21. The molecule has 0 saturated carbocycles. The number of aromatic nitrogens is 1. The van der Waals surface area contributed by atoms with Crippen LogP contribution in [-0.2, 0) is 10.1 Å². The Bertz CT molecular complexity index is 1060. The lowest BCUT2D eigenvalue weighted by molar-refractivity contribution is 0.483. The molecule has 0 atom stereocenters. The summed E-state index contributed by atoms with van der Waals surface area (Å²) in [5, 5.41) is 3.36. The van der Waals surface area contributed by atoms with E-state index in [9.17, 15) is 13.0 Å². The number of nitrogens with one attached hydrogen (secondary N) is 1. The van der Waals surface area contributed by atoms with E-state index in [-0.39, 0.29) is 10.0 Å². The number of nitrogens with zero attached hydrogens (tertiary/aromatic N) is 1. The quantitative estimate of drug-likeness (QED) is 0.462. The fourth-order valence-electron chi connectivity index (χ4n) is 2.24. The van der Waals surface area contributed by atoms with Crippen LogP contribution in [-0.4, -0.2) is 23.1 Å². The summed E-state index contributed by atoms with van der Waals surface area (Å²) in [7, 11) is -4.41. The van der Waals surface area contributed by atoms with E-state index in [1.807, 2.05) is 24.3 Å². The van der Waals surface area contributed by atoms with Crippen LogP contribution in [0.15, 0.2) is 47.4 Å². The summed E-state index contributed by atoms with van der Waals surface area (Å²) in [5.41, 5.74) is 6.96. The molecule has 3 rings (SSSR count). The number of hydrogen-bond acceptors (Lipinski definition) is 5. The maximum Gasteiger partial charge on any atom is 0.295 e. The second kappa shape index (κ2) is 6.89. The molecule has 0 saturated heterocycles. The normalized spacial score (nSPS) is 11.9. The van der Waals surface area contributed by atoms with Crippen molar-refractivity contribution < 1.29 is 13.0 Å². The minimum atomic E-state index is -4.41. The summed E-state index contributed by atoms with van der Waals surface area (Å²) in [5.74, 6) is 0. The molecule has 0 aliphatic carbocycles. The van der Waals surface area contributed by atoms with Crippen LogP contribution in [0.25, 0.3) is 22.4 Å². The molecule has 1 heterocycles. The van der Waals surface area contributed by atoms with E-state index in [1.165, 1.54) is 17.4 Å². The van der Waals surface area contributed by atoms with Crippen LogP contribution in [0.3, 0.4) is 0 Å². The summed E-state index contributed by atoms with van der Waals surface area (Å²) in [6.07, 6.45) is 3.29. The van der Waals surface area contributed by atoms with Gasteiger partial charge in [0.25, 0.3) is 10.1 Å². The van der Waals surface area contributed by atoms with Crippen molar-refractivity contribution in [2.24, 2.45) is 5.73 Å². The van der Waals surface area contributed by atoms with Crippen molar-refractivity contribution in [1.29, 1.82) is 0 Å². The molecule has 0 radical (unpaired) electrons. The first-order valence-corrected chi connectivity index (χ1v) is 9.71. The SMILES string of the molecule is NC(=S)Nc1ccc(C=Cc2nc3ccccc3s2)c(S(=O)(=O)O)c1. The van der Waals surface area contributed by atoms with Crippen LogP contribution in [0, 0.1) is 0 Å². The highest BCUT2D eigenvalue weighted by Crippen LogP contribution is 2.26. The largest absolute Gasteiger partial charge is 0.376 e. The fourth-order valence-corrected chi connectivity index (χ4v) is 3.94. The lowest BCUT2D eigenvalue weighted by Gasteiger charge is -2.08. The molecule has 0 aliphatic rings. The van der Waals surface area contributed by atoms with Crippen molar-refractivity contribution in [3.8, 4) is 0 Å². The third kappa shape index (κ3) is 4.20. The Morgan fingerprint density at radius 3 is 2.68 bits per heavy atom. The third-order valence-electron chi connectivity index (χ3n) is 3.27. The summed E-state index contributed by atoms with van der Waals surface area (Å²) >= 11 is 6.21. The van der Waals surface area contributed by atoms with Gasteiger partial charge in [-0.1, -0.05) is 24.3 Å². The third-order valence-corrected chi connectivity index (χ3v) is 5.29. The smallest absolute Gasteiger partial charge is 0.295 e. The molecular formula is C16H13N3O3S3. The Kier molecular flexibility index (Phi) is 4.82. The van der Waals surface area contributed by atoms with Gasteiger partial charge in [-0.25, -0.2) is 4.98 Å². The molecule has 3 aromatic rings. The van der Waals surface area contributed by atoms with Crippen LogP contribution >= 0.6 is 23.6 Å². The number of nitrogens with two attached hydrogens (primary N) is 1. The highest BCUT2D eigenvalue weighted by atomic mass is 32.2. The highest BCUT2D eigenvalue weighted by molar-refractivity contribution is 7.86. The van der Waals surface area contributed by atoms with Gasteiger partial charge in [0.15, 0.2) is 5.11 Å². The van der Waals surface area contributed by atoms with E-state index < -0.39 is 10.1 Å². The Morgan fingerprint density at radius 1 is 1.24 bits per heavy atom. The van der Waals surface area contributed by atoms with E-state index in [1.54, 1.807) is 24.3 Å². The van der Waals surface area contributed by atoms with E-state index in [2.05, 4.69) is 10.3 Å². The van der Waals surface area contributed by atoms with Crippen LogP contribution in [0.5, 0.6) is 0 Å². The molecule has 9 heteroatoms. The molecule has 0 bridgehead atoms. The van der Waals surface area contributed by atoms with Crippen LogP contribution in [0.4, 0.5) is 5.69 Å². The molecule has 128 valence electrons. The summed E-state index contributed by atoms with van der Waals surface area (Å²) < 4.78 is 33.8. The first kappa shape index (κ1) is 17.5. The van der Waals surface area contributed by atoms with Gasteiger partial charge in [-0.2, -0.15) is 8.42 Å². The molecule has 0 fully saturated rings. The molecular weight excluding hydrogens is 378 g/mol. The maximum absolute atomic E-state index is 11.7. The number of thiazole rings is 1. The number of anilines is 1. The van der Waals surface area contributed by atoms with Gasteiger partial charge in [-0.05, 0) is 48.1 Å². The van der Waals surface area contributed by atoms with Crippen LogP contribution in [0.1, 0.15) is 10.6 Å². The number of para-hydroxylation sites is 1. The average molecular weight is 391 g/mol. The number of benzene rings is 2. The number of hydrogen-bond donors (Lipinski definition) is 3. The van der Waals surface area contributed by atoms with Crippen LogP contribution in [0.2, 0.25) is 0 Å². The van der Waals surface area contributed by atoms with Gasteiger partial charge in [0.1, 0.15) is 9.90 Å². The summed E-state index contributed by atoms with van der Waals surface area (Å²) in [6, 6.07) is 12.1. The minimum absolute atomic E-state index is 0.000875. The van der Waals surface area contributed by atoms with Crippen molar-refractivity contribution in [1.82, 2.24) is 4.98 Å². The number of fused-ring (bicyclic) bond motifs is 1. The maximum atomic E-state index is 11.7. The van der Waals surface area contributed by atoms with Gasteiger partial charge < -0.3 is 11.1 Å². The molecule has 25 heavy (non-hydrogen) atoms. The molecule has 4 N–H and O–H groups in total. The zero-order chi connectivity index (χ0) is 18.0. The second-order valence-corrected chi connectivity index (χ2v) is 7.96. The molecule has 2 aromatic carbocycles. The predicted molar refractivity (Wildman–Crippen MR) is 105 cm³/mol. The average Bonchev–Trinajstić information content (AvgIpc) is 2.95. The first-order valence-electron chi connectivity index (χ1n) is 7.04. The van der Waals surface area contributed by atoms with Crippen molar-refractivity contribution in [2.75, 3.05) is 5.32 Å². The minimum Gasteiger partial charge on any atom is -0.376 e. The summed E-state index contributed by atoms with van der Waals surface area (Å²) in [6.45, 7) is 0. The lowest BCUT2D eigenvalue weighted by Crippen LogP contribution is -2.19. The van der Waals surface area contributed by atoms with Crippen molar-refractivity contribution in [3.63, 3.8) is 0 Å². The van der Waals surface area contributed by atoms with Gasteiger partial charge in [0.05, 0.1) is 10.2 Å². The number of rotatable bonds is 4. The monoisotopic (exact) mass is 391 g/mol. The Labute approximate surface area is 153 Å². The zero-order valence-electron chi connectivity index (χ0n) is 12.7. The Balaban J connectivity index is 1.99. The molecule has 0 unspecified atom stereocenters. The molecule has 1 aromatic heterocycles. The van der Waals surface area contributed by atoms with Crippen molar-refractivity contribution >= 4 is 66.8 Å². The molecule has 0 aliphatic heterocycles. The van der Waals surface area contributed by atoms with Gasteiger partial charge >= 0.3 is 0 Å². The number of thiocarbonyl (C=S) groups is 1. The molecule has 0 spiro atoms. The topological polar surface area (TPSA) is 105 Å². The van der Waals surface area contributed by atoms with Gasteiger partial charge in [-0.15, -0.1) is 11.3 Å². The lowest BCUT2D eigenvalue weighted by atomic mass is 10.2.